The van der Waals surface area contributed by atoms with E-state index in [2.05, 4.69) is 5.32 Å². The Hall–Kier alpha value is -2.61. The number of carboxylic acid groups (broad SMARTS) is 1. The summed E-state index contributed by atoms with van der Waals surface area (Å²) in [6.07, 6.45) is 1.20. The van der Waals surface area contributed by atoms with Crippen molar-refractivity contribution >= 4 is 21.7 Å². The lowest BCUT2D eigenvalue weighted by Crippen LogP contribution is -2.28. The summed E-state index contributed by atoms with van der Waals surface area (Å²) < 4.78 is 27.8. The molecule has 1 aromatic heterocycles. The molecule has 1 atom stereocenters. The van der Waals surface area contributed by atoms with Crippen molar-refractivity contribution in [3.05, 3.63) is 59.5 Å². The van der Waals surface area contributed by atoms with E-state index in [0.717, 1.165) is 11.8 Å². The van der Waals surface area contributed by atoms with E-state index in [1.54, 1.807) is 24.3 Å². The van der Waals surface area contributed by atoms with E-state index < -0.39 is 27.8 Å². The Morgan fingerprint density at radius 1 is 1.16 bits per heavy atom. The number of sulfone groups is 1. The van der Waals surface area contributed by atoms with Gasteiger partial charge in [-0.05, 0) is 24.1 Å². The van der Waals surface area contributed by atoms with Crippen LogP contribution in [-0.2, 0) is 20.4 Å². The van der Waals surface area contributed by atoms with E-state index in [1.165, 1.54) is 12.1 Å². The number of nitrogens with one attached hydrogen (secondary N) is 1. The lowest BCUT2D eigenvalue weighted by molar-refractivity contribution is -0.137. The molecule has 2 aromatic rings. The van der Waals surface area contributed by atoms with Crippen molar-refractivity contribution < 1.29 is 27.5 Å². The van der Waals surface area contributed by atoms with Gasteiger partial charge in [0.1, 0.15) is 11.5 Å². The Balaban J connectivity index is 2.12. The molecule has 2 rings (SSSR count). The summed E-state index contributed by atoms with van der Waals surface area (Å²) in [5.74, 6) is -1.62. The quantitative estimate of drug-likeness (QED) is 0.741. The molecule has 7 nitrogen and oxygen atoms in total. The molecule has 134 valence electrons. The van der Waals surface area contributed by atoms with Crippen LogP contribution in [0.2, 0.25) is 0 Å². The molecular formula is C17H19NO6S. The number of carboxylic acids is 1. The third kappa shape index (κ3) is 6.07. The van der Waals surface area contributed by atoms with Gasteiger partial charge >= 0.3 is 5.97 Å². The Morgan fingerprint density at radius 3 is 2.44 bits per heavy atom. The van der Waals surface area contributed by atoms with Crippen LogP contribution in [0.4, 0.5) is 0 Å². The molecule has 0 fully saturated rings. The number of benzene rings is 1. The molecule has 0 spiro atoms. The van der Waals surface area contributed by atoms with E-state index >= 15 is 0 Å². The minimum Gasteiger partial charge on any atom is -0.481 e. The zero-order valence-electron chi connectivity index (χ0n) is 13.6. The highest BCUT2D eigenvalue weighted by Crippen LogP contribution is 2.20. The second-order valence-corrected chi connectivity index (χ2v) is 7.85. The molecule has 0 aliphatic carbocycles. The molecule has 0 saturated heterocycles. The summed E-state index contributed by atoms with van der Waals surface area (Å²) in [6, 6.07) is 11.4. The molecule has 1 aromatic carbocycles. The van der Waals surface area contributed by atoms with Crippen molar-refractivity contribution in [1.82, 2.24) is 5.32 Å². The predicted octanol–water partition coefficient (Wildman–Crippen LogP) is 2.16. The first-order valence-electron chi connectivity index (χ1n) is 7.58. The first kappa shape index (κ1) is 18.7. The first-order valence-corrected chi connectivity index (χ1v) is 9.64. The van der Waals surface area contributed by atoms with E-state index in [1.807, 2.05) is 6.07 Å². The van der Waals surface area contributed by atoms with Gasteiger partial charge in [-0.2, -0.15) is 0 Å². The maximum absolute atomic E-state index is 12.4. The third-order valence-corrected chi connectivity index (χ3v) is 4.25. The van der Waals surface area contributed by atoms with E-state index in [-0.39, 0.29) is 30.1 Å². The van der Waals surface area contributed by atoms with E-state index in [0.29, 0.717) is 0 Å². The molecule has 0 aliphatic heterocycles. The molecule has 1 heterocycles. The van der Waals surface area contributed by atoms with Crippen molar-refractivity contribution in [2.24, 2.45) is 0 Å². The SMILES string of the molecule is CS(=O)(=O)Cc1ccc(C(=O)NC(CCC(=O)O)c2ccccc2)o1. The van der Waals surface area contributed by atoms with E-state index in [9.17, 15) is 18.0 Å². The summed E-state index contributed by atoms with van der Waals surface area (Å²) in [4.78, 5) is 23.2. The van der Waals surface area contributed by atoms with Crippen LogP contribution in [0.1, 0.15) is 40.8 Å². The lowest BCUT2D eigenvalue weighted by Gasteiger charge is -2.17. The highest BCUT2D eigenvalue weighted by atomic mass is 32.2. The average Bonchev–Trinajstić information content (AvgIpc) is 2.98. The fraction of sp³-hybridized carbons (Fsp3) is 0.294. The van der Waals surface area contributed by atoms with Crippen molar-refractivity contribution in [2.75, 3.05) is 6.26 Å². The number of furan rings is 1. The monoisotopic (exact) mass is 365 g/mol. The van der Waals surface area contributed by atoms with Gasteiger partial charge in [-0.15, -0.1) is 0 Å². The fourth-order valence-corrected chi connectivity index (χ4v) is 3.01. The number of rotatable bonds is 8. The number of aliphatic carboxylic acids is 1. The molecule has 1 unspecified atom stereocenters. The van der Waals surface area contributed by atoms with Crippen LogP contribution < -0.4 is 5.32 Å². The minimum absolute atomic E-state index is 0.0186. The summed E-state index contributed by atoms with van der Waals surface area (Å²) in [6.45, 7) is 0. The number of carbonyl (C=O) groups excluding carboxylic acids is 1. The zero-order chi connectivity index (χ0) is 18.4. The van der Waals surface area contributed by atoms with Crippen LogP contribution in [0.15, 0.2) is 46.9 Å². The highest BCUT2D eigenvalue weighted by molar-refractivity contribution is 7.89. The zero-order valence-corrected chi connectivity index (χ0v) is 14.5. The number of hydrogen-bond acceptors (Lipinski definition) is 5. The molecule has 8 heteroatoms. The second-order valence-electron chi connectivity index (χ2n) is 5.71. The Morgan fingerprint density at radius 2 is 1.84 bits per heavy atom. The van der Waals surface area contributed by atoms with Crippen LogP contribution >= 0.6 is 0 Å². The number of hydrogen-bond donors (Lipinski definition) is 2. The van der Waals surface area contributed by atoms with Gasteiger partial charge in [0.2, 0.25) is 0 Å². The Labute approximate surface area is 145 Å². The molecule has 0 aliphatic rings. The van der Waals surface area contributed by atoms with Crippen LogP contribution in [0.25, 0.3) is 0 Å². The van der Waals surface area contributed by atoms with Crippen molar-refractivity contribution in [3.63, 3.8) is 0 Å². The van der Waals surface area contributed by atoms with Gasteiger partial charge < -0.3 is 14.8 Å². The van der Waals surface area contributed by atoms with Gasteiger partial charge in [0, 0.05) is 12.7 Å². The molecule has 0 saturated carbocycles. The third-order valence-electron chi connectivity index (χ3n) is 3.44. The standard InChI is InChI=1S/C17H19NO6S/c1-25(22,23)11-13-7-9-15(24-13)17(21)18-14(8-10-16(19)20)12-5-3-2-4-6-12/h2-7,9,14H,8,10-11H2,1H3,(H,18,21)(H,19,20). The topological polar surface area (TPSA) is 114 Å². The predicted molar refractivity (Wildman–Crippen MR) is 90.8 cm³/mol. The molecule has 0 radical (unpaired) electrons. The van der Waals surface area contributed by atoms with Crippen LogP contribution in [0, 0.1) is 0 Å². The lowest BCUT2D eigenvalue weighted by atomic mass is 10.0. The molecule has 1 amide bonds. The minimum atomic E-state index is -3.26. The van der Waals surface area contributed by atoms with Gasteiger partial charge in [0.15, 0.2) is 15.6 Å². The average molecular weight is 365 g/mol. The van der Waals surface area contributed by atoms with Crippen molar-refractivity contribution in [1.29, 1.82) is 0 Å². The molecular weight excluding hydrogens is 346 g/mol. The smallest absolute Gasteiger partial charge is 0.303 e. The Bertz CT molecular complexity index is 841. The van der Waals surface area contributed by atoms with Crippen LogP contribution in [0.5, 0.6) is 0 Å². The highest BCUT2D eigenvalue weighted by Gasteiger charge is 2.20. The van der Waals surface area contributed by atoms with Gasteiger partial charge in [0.05, 0.1) is 6.04 Å². The summed E-state index contributed by atoms with van der Waals surface area (Å²) in [5, 5.41) is 11.6. The summed E-state index contributed by atoms with van der Waals surface area (Å²) in [7, 11) is -3.26. The summed E-state index contributed by atoms with van der Waals surface area (Å²) in [5.41, 5.74) is 0.778. The molecule has 25 heavy (non-hydrogen) atoms. The van der Waals surface area contributed by atoms with E-state index in [4.69, 9.17) is 9.52 Å². The van der Waals surface area contributed by atoms with Gasteiger partial charge in [0.25, 0.3) is 5.91 Å². The first-order chi connectivity index (χ1) is 11.7. The summed E-state index contributed by atoms with van der Waals surface area (Å²) >= 11 is 0. The molecule has 0 bridgehead atoms. The number of amides is 1. The van der Waals surface area contributed by atoms with Crippen molar-refractivity contribution in [2.45, 2.75) is 24.6 Å². The van der Waals surface area contributed by atoms with Gasteiger partial charge in [-0.3, -0.25) is 9.59 Å². The normalized spacial score (nSPS) is 12.5. The molecule has 2 N–H and O–H groups in total. The maximum Gasteiger partial charge on any atom is 0.303 e. The fourth-order valence-electron chi connectivity index (χ4n) is 2.34. The van der Waals surface area contributed by atoms with Gasteiger partial charge in [-0.1, -0.05) is 30.3 Å². The van der Waals surface area contributed by atoms with Crippen LogP contribution in [-0.4, -0.2) is 31.7 Å². The Kier molecular flexibility index (Phi) is 5.97. The number of carbonyl (C=O) groups is 2. The van der Waals surface area contributed by atoms with Crippen molar-refractivity contribution in [3.8, 4) is 0 Å². The maximum atomic E-state index is 12.4. The largest absolute Gasteiger partial charge is 0.481 e. The second kappa shape index (κ2) is 7.98. The van der Waals surface area contributed by atoms with Crippen LogP contribution in [0.3, 0.4) is 0 Å². The van der Waals surface area contributed by atoms with Gasteiger partial charge in [-0.25, -0.2) is 8.42 Å².